The van der Waals surface area contributed by atoms with Crippen molar-refractivity contribution in [3.05, 3.63) is 65.2 Å². The molecule has 3 heterocycles. The second-order valence-electron chi connectivity index (χ2n) is 8.05. The molecule has 32 heavy (non-hydrogen) atoms. The van der Waals surface area contributed by atoms with Gasteiger partial charge in [0, 0.05) is 30.0 Å². The molecule has 0 spiro atoms. The molecule has 0 amide bonds. The normalized spacial score (nSPS) is 15.6. The molecule has 1 aliphatic heterocycles. The molecule has 164 valence electrons. The molecule has 5 rings (SSSR count). The summed E-state index contributed by atoms with van der Waals surface area (Å²) in [5, 5.41) is 8.10. The largest absolute Gasteiger partial charge is 0.418 e. The van der Waals surface area contributed by atoms with Crippen LogP contribution in [0.15, 0.2) is 42.7 Å². The molecule has 4 aromatic rings. The average Bonchev–Trinajstić information content (AvgIpc) is 3.35. The molecule has 2 aromatic heterocycles. The van der Waals surface area contributed by atoms with Gasteiger partial charge in [-0.1, -0.05) is 18.2 Å². The molecule has 0 atom stereocenters. The molecule has 0 aliphatic carbocycles. The van der Waals surface area contributed by atoms with Crippen molar-refractivity contribution in [3.8, 4) is 11.4 Å². The van der Waals surface area contributed by atoms with Crippen molar-refractivity contribution in [1.29, 1.82) is 0 Å². The van der Waals surface area contributed by atoms with Crippen LogP contribution >= 0.6 is 0 Å². The Hall–Kier alpha value is -3.53. The number of aldehydes is 1. The second-order valence-corrected chi connectivity index (χ2v) is 8.05. The summed E-state index contributed by atoms with van der Waals surface area (Å²) in [6, 6.07) is 9.67. The zero-order valence-corrected chi connectivity index (χ0v) is 17.0. The maximum absolute atomic E-state index is 13.5. The van der Waals surface area contributed by atoms with E-state index in [9.17, 15) is 18.0 Å². The molecule has 1 aliphatic rings. The van der Waals surface area contributed by atoms with Crippen molar-refractivity contribution < 1.29 is 22.7 Å². The Morgan fingerprint density at radius 3 is 2.69 bits per heavy atom. The summed E-state index contributed by atoms with van der Waals surface area (Å²) in [6.45, 7) is 1.01. The number of halogens is 3. The minimum Gasteiger partial charge on any atom is -0.379 e. The number of H-pyrrole nitrogens is 1. The fraction of sp³-hybridized carbons (Fsp3) is 0.273. The molecule has 0 saturated carbocycles. The van der Waals surface area contributed by atoms with E-state index in [1.54, 1.807) is 12.4 Å². The summed E-state index contributed by atoms with van der Waals surface area (Å²) >= 11 is 0. The summed E-state index contributed by atoms with van der Waals surface area (Å²) in [5.41, 5.74) is 0.263. The van der Waals surface area contributed by atoms with E-state index in [1.807, 2.05) is 29.8 Å². The van der Waals surface area contributed by atoms with Crippen molar-refractivity contribution in [3.63, 3.8) is 0 Å². The van der Waals surface area contributed by atoms with Gasteiger partial charge in [-0.25, -0.2) is 4.98 Å². The quantitative estimate of drug-likeness (QED) is 0.478. The highest BCUT2D eigenvalue weighted by Gasteiger charge is 2.42. The number of ether oxygens (including phenoxy) is 1. The van der Waals surface area contributed by atoms with Gasteiger partial charge < -0.3 is 14.3 Å². The predicted octanol–water partition coefficient (Wildman–Crippen LogP) is 3.70. The number of carbonyl (C=O) groups is 1. The number of imidazole rings is 1. The lowest BCUT2D eigenvalue weighted by atomic mass is 9.75. The Bertz CT molecular complexity index is 1320. The van der Waals surface area contributed by atoms with Gasteiger partial charge in [-0.15, -0.1) is 10.2 Å². The Balaban J connectivity index is 1.57. The van der Waals surface area contributed by atoms with E-state index in [1.165, 1.54) is 6.07 Å². The number of nitrogens with one attached hydrogen (secondary N) is 1. The van der Waals surface area contributed by atoms with Gasteiger partial charge in [0.15, 0.2) is 0 Å². The minimum absolute atomic E-state index is 0.0779. The van der Waals surface area contributed by atoms with E-state index in [4.69, 9.17) is 4.74 Å². The summed E-state index contributed by atoms with van der Waals surface area (Å²) in [6.07, 6.45) is -1.98. The van der Waals surface area contributed by atoms with E-state index in [0.717, 1.165) is 17.5 Å². The van der Waals surface area contributed by atoms with Crippen molar-refractivity contribution in [2.45, 2.75) is 18.0 Å². The van der Waals surface area contributed by atoms with Crippen LogP contribution in [0.4, 0.5) is 13.2 Å². The SMILES string of the molecule is Cn1cnnc1CC1(c2cccc(-c3nc4cc(C=O)cc(C(F)(F)F)c4[nH]3)c2)COC1. The van der Waals surface area contributed by atoms with Crippen molar-refractivity contribution in [2.24, 2.45) is 7.05 Å². The topological polar surface area (TPSA) is 85.7 Å². The Kier molecular flexibility index (Phi) is 4.63. The molecular weight excluding hydrogens is 423 g/mol. The smallest absolute Gasteiger partial charge is 0.379 e. The highest BCUT2D eigenvalue weighted by Crippen LogP contribution is 2.38. The maximum Gasteiger partial charge on any atom is 0.418 e. The van der Waals surface area contributed by atoms with Gasteiger partial charge in [-0.2, -0.15) is 13.2 Å². The third-order valence-corrected chi connectivity index (χ3v) is 5.86. The molecule has 1 saturated heterocycles. The van der Waals surface area contributed by atoms with Crippen molar-refractivity contribution >= 4 is 17.3 Å². The lowest BCUT2D eigenvalue weighted by Gasteiger charge is -2.41. The summed E-state index contributed by atoms with van der Waals surface area (Å²) < 4.78 is 48.0. The van der Waals surface area contributed by atoms with Crippen LogP contribution in [0.1, 0.15) is 27.3 Å². The molecule has 1 N–H and O–H groups in total. The average molecular weight is 441 g/mol. The van der Waals surface area contributed by atoms with Gasteiger partial charge in [0.05, 0.1) is 29.8 Å². The van der Waals surface area contributed by atoms with Crippen LogP contribution in [0.5, 0.6) is 0 Å². The van der Waals surface area contributed by atoms with E-state index in [2.05, 4.69) is 20.2 Å². The van der Waals surface area contributed by atoms with Crippen LogP contribution in [0.25, 0.3) is 22.4 Å². The van der Waals surface area contributed by atoms with E-state index in [0.29, 0.717) is 37.3 Å². The highest BCUT2D eigenvalue weighted by molar-refractivity contribution is 5.89. The lowest BCUT2D eigenvalue weighted by molar-refractivity contribution is -0.136. The van der Waals surface area contributed by atoms with Gasteiger partial charge in [0.2, 0.25) is 0 Å². The van der Waals surface area contributed by atoms with Gasteiger partial charge in [-0.3, -0.25) is 4.79 Å². The van der Waals surface area contributed by atoms with Crippen LogP contribution in [0, 0.1) is 0 Å². The number of fused-ring (bicyclic) bond motifs is 1. The van der Waals surface area contributed by atoms with Gasteiger partial charge >= 0.3 is 6.18 Å². The molecule has 7 nitrogen and oxygen atoms in total. The molecule has 1 fully saturated rings. The zero-order valence-electron chi connectivity index (χ0n) is 17.0. The fourth-order valence-electron chi connectivity index (χ4n) is 4.05. The molecule has 0 bridgehead atoms. The first-order valence-electron chi connectivity index (χ1n) is 9.87. The van der Waals surface area contributed by atoms with Crippen molar-refractivity contribution in [2.75, 3.05) is 13.2 Å². The number of carbonyl (C=O) groups excluding carboxylic acids is 1. The highest BCUT2D eigenvalue weighted by atomic mass is 19.4. The number of alkyl halides is 3. The first-order chi connectivity index (χ1) is 15.3. The molecule has 0 radical (unpaired) electrons. The van der Waals surface area contributed by atoms with Gasteiger partial charge in [-0.05, 0) is 23.8 Å². The summed E-state index contributed by atoms with van der Waals surface area (Å²) in [4.78, 5) is 18.3. The van der Waals surface area contributed by atoms with Crippen LogP contribution in [-0.4, -0.2) is 44.2 Å². The fourth-order valence-corrected chi connectivity index (χ4v) is 4.05. The number of rotatable bonds is 5. The summed E-state index contributed by atoms with van der Waals surface area (Å²) in [7, 11) is 1.87. The monoisotopic (exact) mass is 441 g/mol. The number of aromatic amines is 1. The minimum atomic E-state index is -4.62. The van der Waals surface area contributed by atoms with Crippen LogP contribution in [0.3, 0.4) is 0 Å². The Morgan fingerprint density at radius 1 is 1.25 bits per heavy atom. The predicted molar refractivity (Wildman–Crippen MR) is 109 cm³/mol. The standard InChI is InChI=1S/C22H18F3N5O2/c1-30-12-26-29-18(30)8-21(10-32-11-21)15-4-2-3-14(7-15)20-27-17-6-13(9-31)5-16(19(17)28-20)22(23,24)25/h2-7,9,12H,8,10-11H2,1H3,(H,27,28). The first kappa shape index (κ1) is 20.4. The Morgan fingerprint density at radius 2 is 2.06 bits per heavy atom. The van der Waals surface area contributed by atoms with Gasteiger partial charge in [0.25, 0.3) is 0 Å². The number of nitrogens with zero attached hydrogens (tertiary/aromatic N) is 4. The molecular formula is C22H18F3N5O2. The number of benzene rings is 2. The van der Waals surface area contributed by atoms with Crippen molar-refractivity contribution in [1.82, 2.24) is 24.7 Å². The Labute approximate surface area is 180 Å². The third-order valence-electron chi connectivity index (χ3n) is 5.86. The number of hydrogen-bond donors (Lipinski definition) is 1. The third kappa shape index (κ3) is 3.36. The molecule has 0 unspecified atom stereocenters. The van der Waals surface area contributed by atoms with Crippen LogP contribution in [0.2, 0.25) is 0 Å². The lowest BCUT2D eigenvalue weighted by Crippen LogP contribution is -2.49. The number of aryl methyl sites for hydroxylation is 1. The summed E-state index contributed by atoms with van der Waals surface area (Å²) in [5.74, 6) is 1.11. The van der Waals surface area contributed by atoms with Crippen LogP contribution in [-0.2, 0) is 29.8 Å². The maximum atomic E-state index is 13.5. The van der Waals surface area contributed by atoms with E-state index in [-0.39, 0.29) is 22.0 Å². The number of hydrogen-bond acceptors (Lipinski definition) is 5. The zero-order chi connectivity index (χ0) is 22.5. The van der Waals surface area contributed by atoms with Gasteiger partial charge in [0.1, 0.15) is 24.3 Å². The molecule has 2 aromatic carbocycles. The second kappa shape index (κ2) is 7.27. The molecule has 10 heteroatoms. The van der Waals surface area contributed by atoms with Crippen LogP contribution < -0.4 is 0 Å². The first-order valence-corrected chi connectivity index (χ1v) is 9.87. The van der Waals surface area contributed by atoms with E-state index < -0.39 is 11.7 Å². The van der Waals surface area contributed by atoms with E-state index >= 15 is 0 Å². The number of aromatic nitrogens is 5.